The molecule has 2 aliphatic heterocycles. The minimum atomic E-state index is -0.354. The number of aromatic nitrogens is 3. The highest BCUT2D eigenvalue weighted by Crippen LogP contribution is 2.47. The van der Waals surface area contributed by atoms with E-state index in [2.05, 4.69) is 43.8 Å². The lowest BCUT2D eigenvalue weighted by atomic mass is 9.79. The second-order valence-corrected chi connectivity index (χ2v) is 9.38. The predicted molar refractivity (Wildman–Crippen MR) is 117 cm³/mol. The highest BCUT2D eigenvalue weighted by Gasteiger charge is 2.49. The Kier molecular flexibility index (Phi) is 4.80. The van der Waals surface area contributed by atoms with Crippen molar-refractivity contribution < 1.29 is 4.39 Å². The fraction of sp³-hybridized carbons (Fsp3) is 0.476. The lowest BCUT2D eigenvalue weighted by Crippen LogP contribution is -2.39. The maximum Gasteiger partial charge on any atom is 0.163 e. The average molecular weight is 474 g/mol. The first-order valence-corrected chi connectivity index (χ1v) is 12.0. The molecule has 1 saturated carbocycles. The summed E-state index contributed by atoms with van der Waals surface area (Å²) in [5.41, 5.74) is 3.03. The maximum atomic E-state index is 15.4. The van der Waals surface area contributed by atoms with E-state index in [0.717, 1.165) is 45.8 Å². The van der Waals surface area contributed by atoms with Crippen LogP contribution in [0.15, 0.2) is 15.6 Å². The Hall–Kier alpha value is -1.69. The summed E-state index contributed by atoms with van der Waals surface area (Å²) in [6.07, 6.45) is 4.82. The Morgan fingerprint density at radius 2 is 2.24 bits per heavy atom. The SMILES string of the molecule is CCc1nc2c(SC)nc3c(F)c(Br)c(CCC#N)cc3c2n1C1C2CNC1C2. The third kappa shape index (κ3) is 2.74. The van der Waals surface area contributed by atoms with Gasteiger partial charge in [0.1, 0.15) is 21.9 Å². The van der Waals surface area contributed by atoms with Gasteiger partial charge in [-0.15, -0.1) is 11.8 Å². The maximum absolute atomic E-state index is 15.4. The summed E-state index contributed by atoms with van der Waals surface area (Å²) in [4.78, 5) is 9.61. The standard InChI is InChI=1S/C21H21BrFN5S/c1-3-14-26-18-20(28(14)19-11-8-13(19)25-9-11)12-7-10(5-4-6-24)15(22)16(23)17(12)27-21(18)29-2/h7,11,13,19,25H,3-5,8-9H2,1-2H3. The molecule has 4 heterocycles. The normalized spacial score (nSPS) is 22.9. The van der Waals surface area contributed by atoms with Crippen molar-refractivity contribution in [2.75, 3.05) is 12.8 Å². The Labute approximate surface area is 181 Å². The van der Waals surface area contributed by atoms with E-state index in [1.54, 1.807) is 0 Å². The number of fused-ring (bicyclic) bond motifs is 4. The minimum Gasteiger partial charge on any atom is -0.322 e. The molecule has 1 aromatic carbocycles. The van der Waals surface area contributed by atoms with Crippen LogP contribution < -0.4 is 5.32 Å². The monoisotopic (exact) mass is 473 g/mol. The third-order valence-electron chi connectivity index (χ3n) is 6.32. The van der Waals surface area contributed by atoms with Crippen molar-refractivity contribution in [2.24, 2.45) is 5.92 Å². The molecule has 3 fully saturated rings. The number of thioether (sulfide) groups is 1. The summed E-state index contributed by atoms with van der Waals surface area (Å²) in [6, 6.07) is 4.99. The van der Waals surface area contributed by atoms with Crippen LogP contribution in [0.3, 0.4) is 0 Å². The lowest BCUT2D eigenvalue weighted by Gasteiger charge is -2.37. The Morgan fingerprint density at radius 3 is 2.86 bits per heavy atom. The second-order valence-electron chi connectivity index (χ2n) is 7.79. The van der Waals surface area contributed by atoms with E-state index in [0.29, 0.717) is 40.8 Å². The van der Waals surface area contributed by atoms with Gasteiger partial charge >= 0.3 is 0 Å². The smallest absolute Gasteiger partial charge is 0.163 e. The largest absolute Gasteiger partial charge is 0.322 e. The number of nitrogens with zero attached hydrogens (tertiary/aromatic N) is 4. The molecule has 3 atom stereocenters. The number of halogens is 2. The van der Waals surface area contributed by atoms with Crippen molar-refractivity contribution in [3.8, 4) is 6.07 Å². The van der Waals surface area contributed by atoms with Gasteiger partial charge in [0.25, 0.3) is 0 Å². The first-order chi connectivity index (χ1) is 14.1. The molecule has 8 heteroatoms. The van der Waals surface area contributed by atoms with Gasteiger partial charge in [-0.25, -0.2) is 14.4 Å². The molecule has 150 valence electrons. The molecule has 3 aliphatic rings. The van der Waals surface area contributed by atoms with E-state index in [-0.39, 0.29) is 5.82 Å². The molecular weight excluding hydrogens is 453 g/mol. The summed E-state index contributed by atoms with van der Waals surface area (Å²) in [7, 11) is 0. The van der Waals surface area contributed by atoms with Crippen molar-refractivity contribution in [3.05, 3.63) is 27.7 Å². The van der Waals surface area contributed by atoms with Crippen LogP contribution in [0.2, 0.25) is 0 Å². The van der Waals surface area contributed by atoms with Crippen molar-refractivity contribution >= 4 is 49.6 Å². The summed E-state index contributed by atoms with van der Waals surface area (Å²) in [5, 5.41) is 14.2. The molecule has 3 aromatic rings. The molecule has 29 heavy (non-hydrogen) atoms. The van der Waals surface area contributed by atoms with Crippen LogP contribution in [0.5, 0.6) is 0 Å². The quantitative estimate of drug-likeness (QED) is 0.541. The Bertz CT molecular complexity index is 1170. The van der Waals surface area contributed by atoms with Gasteiger partial charge in [-0.2, -0.15) is 5.26 Å². The summed E-state index contributed by atoms with van der Waals surface area (Å²) >= 11 is 4.90. The van der Waals surface area contributed by atoms with Gasteiger partial charge in [-0.05, 0) is 52.6 Å². The highest BCUT2D eigenvalue weighted by molar-refractivity contribution is 9.10. The number of nitriles is 1. The Morgan fingerprint density at radius 1 is 1.41 bits per heavy atom. The fourth-order valence-corrected chi connectivity index (χ4v) is 5.94. The summed E-state index contributed by atoms with van der Waals surface area (Å²) in [6.45, 7) is 3.15. The number of aryl methyl sites for hydroxylation is 2. The van der Waals surface area contributed by atoms with Crippen LogP contribution in [-0.2, 0) is 12.8 Å². The Balaban J connectivity index is 1.87. The summed E-state index contributed by atoms with van der Waals surface area (Å²) < 4.78 is 18.1. The lowest BCUT2D eigenvalue weighted by molar-refractivity contribution is 0.221. The van der Waals surface area contributed by atoms with Crippen molar-refractivity contribution in [1.82, 2.24) is 19.9 Å². The van der Waals surface area contributed by atoms with Crippen LogP contribution in [0.25, 0.3) is 21.9 Å². The highest BCUT2D eigenvalue weighted by atomic mass is 79.9. The van der Waals surface area contributed by atoms with Crippen LogP contribution >= 0.6 is 27.7 Å². The molecule has 1 N–H and O–H groups in total. The molecule has 0 spiro atoms. The van der Waals surface area contributed by atoms with Crippen LogP contribution in [0.1, 0.15) is 37.2 Å². The average Bonchev–Trinajstić information content (AvgIpc) is 3.44. The van der Waals surface area contributed by atoms with Crippen molar-refractivity contribution in [3.63, 3.8) is 0 Å². The van der Waals surface area contributed by atoms with Crippen molar-refractivity contribution in [1.29, 1.82) is 5.26 Å². The first kappa shape index (κ1) is 19.3. The number of rotatable bonds is 5. The van der Waals surface area contributed by atoms with E-state index >= 15 is 4.39 Å². The minimum absolute atomic E-state index is 0.346. The molecule has 2 bridgehead atoms. The molecule has 2 aromatic heterocycles. The van der Waals surface area contributed by atoms with Gasteiger partial charge in [-0.3, -0.25) is 0 Å². The number of pyridine rings is 1. The molecule has 0 radical (unpaired) electrons. The molecule has 0 amide bonds. The first-order valence-electron chi connectivity index (χ1n) is 9.94. The fourth-order valence-electron chi connectivity index (χ4n) is 4.92. The van der Waals surface area contributed by atoms with E-state index in [1.807, 2.05) is 12.3 Å². The van der Waals surface area contributed by atoms with Crippen LogP contribution in [0, 0.1) is 23.1 Å². The van der Waals surface area contributed by atoms with Gasteiger partial charge < -0.3 is 9.88 Å². The van der Waals surface area contributed by atoms with Gasteiger partial charge in [0.15, 0.2) is 5.82 Å². The van der Waals surface area contributed by atoms with E-state index in [9.17, 15) is 0 Å². The zero-order chi connectivity index (χ0) is 20.3. The number of benzene rings is 1. The predicted octanol–water partition coefficient (Wildman–Crippen LogP) is 4.76. The molecule has 3 unspecified atom stereocenters. The number of imidazole rings is 1. The molecule has 2 saturated heterocycles. The molecule has 5 nitrogen and oxygen atoms in total. The number of hydrogen-bond acceptors (Lipinski definition) is 5. The number of nitrogens with one attached hydrogen (secondary N) is 1. The van der Waals surface area contributed by atoms with Crippen molar-refractivity contribution in [2.45, 2.75) is 49.7 Å². The molecule has 6 rings (SSSR count). The second kappa shape index (κ2) is 7.22. The van der Waals surface area contributed by atoms with Crippen LogP contribution in [0.4, 0.5) is 4.39 Å². The molecular formula is C21H21BrFN5S. The zero-order valence-electron chi connectivity index (χ0n) is 16.3. The molecule has 1 aliphatic carbocycles. The van der Waals surface area contributed by atoms with E-state index in [4.69, 9.17) is 10.2 Å². The van der Waals surface area contributed by atoms with E-state index < -0.39 is 0 Å². The van der Waals surface area contributed by atoms with Gasteiger partial charge in [0.05, 0.1) is 22.1 Å². The zero-order valence-corrected chi connectivity index (χ0v) is 18.7. The van der Waals surface area contributed by atoms with Gasteiger partial charge in [-0.1, -0.05) is 6.92 Å². The van der Waals surface area contributed by atoms with Gasteiger partial charge in [0, 0.05) is 30.8 Å². The third-order valence-corrected chi connectivity index (χ3v) is 7.85. The van der Waals surface area contributed by atoms with E-state index in [1.165, 1.54) is 18.2 Å². The number of hydrogen-bond donors (Lipinski definition) is 1. The van der Waals surface area contributed by atoms with Crippen LogP contribution in [-0.4, -0.2) is 33.4 Å². The van der Waals surface area contributed by atoms with Gasteiger partial charge in [0.2, 0.25) is 0 Å². The topological polar surface area (TPSA) is 66.5 Å². The summed E-state index contributed by atoms with van der Waals surface area (Å²) in [5.74, 6) is 1.28.